The van der Waals surface area contributed by atoms with Gasteiger partial charge in [0.2, 0.25) is 0 Å². The zero-order valence-electron chi connectivity index (χ0n) is 14.4. The molecule has 0 amide bonds. The Kier molecular flexibility index (Phi) is 5.72. The molecule has 128 valence electrons. The van der Waals surface area contributed by atoms with Crippen LogP contribution in [0.2, 0.25) is 0 Å². The predicted molar refractivity (Wildman–Crippen MR) is 96.6 cm³/mol. The SMILES string of the molecule is COc1ccc([C@H]2NCCC[C@H]2NCc2ccccc2OC)cc1. The lowest BCUT2D eigenvalue weighted by Crippen LogP contribution is -2.45. The van der Waals surface area contributed by atoms with E-state index in [1.807, 2.05) is 24.3 Å². The second-order valence-electron chi connectivity index (χ2n) is 6.15. The molecular weight excluding hydrogens is 300 g/mol. The van der Waals surface area contributed by atoms with Crippen molar-refractivity contribution in [3.05, 3.63) is 59.7 Å². The van der Waals surface area contributed by atoms with Gasteiger partial charge in [-0.2, -0.15) is 0 Å². The van der Waals surface area contributed by atoms with Crippen molar-refractivity contribution in [1.82, 2.24) is 10.6 Å². The largest absolute Gasteiger partial charge is 0.497 e. The molecule has 0 radical (unpaired) electrons. The lowest BCUT2D eigenvalue weighted by Gasteiger charge is -2.34. The summed E-state index contributed by atoms with van der Waals surface area (Å²) in [5.74, 6) is 1.84. The zero-order valence-corrected chi connectivity index (χ0v) is 14.4. The van der Waals surface area contributed by atoms with Gasteiger partial charge in [-0.05, 0) is 43.1 Å². The molecule has 1 aliphatic heterocycles. The second kappa shape index (κ2) is 8.18. The number of methoxy groups -OCH3 is 2. The minimum Gasteiger partial charge on any atom is -0.497 e. The van der Waals surface area contributed by atoms with Gasteiger partial charge in [-0.1, -0.05) is 30.3 Å². The van der Waals surface area contributed by atoms with E-state index in [0.717, 1.165) is 24.6 Å². The lowest BCUT2D eigenvalue weighted by molar-refractivity contribution is 0.302. The van der Waals surface area contributed by atoms with Crippen molar-refractivity contribution in [2.24, 2.45) is 0 Å². The van der Waals surface area contributed by atoms with Crippen LogP contribution in [0.1, 0.15) is 30.0 Å². The Balaban J connectivity index is 1.70. The lowest BCUT2D eigenvalue weighted by atomic mass is 9.92. The van der Waals surface area contributed by atoms with Gasteiger partial charge in [0.05, 0.1) is 14.2 Å². The van der Waals surface area contributed by atoms with Gasteiger partial charge in [0.25, 0.3) is 0 Å². The van der Waals surface area contributed by atoms with Crippen molar-refractivity contribution in [2.75, 3.05) is 20.8 Å². The van der Waals surface area contributed by atoms with Gasteiger partial charge < -0.3 is 20.1 Å². The predicted octanol–water partition coefficient (Wildman–Crippen LogP) is 3.29. The van der Waals surface area contributed by atoms with E-state index in [9.17, 15) is 0 Å². The molecule has 1 saturated heterocycles. The monoisotopic (exact) mass is 326 g/mol. The molecule has 0 unspecified atom stereocenters. The molecule has 2 aromatic carbocycles. The van der Waals surface area contributed by atoms with Crippen LogP contribution in [0.15, 0.2) is 48.5 Å². The molecule has 3 rings (SSSR count). The Bertz CT molecular complexity index is 642. The van der Waals surface area contributed by atoms with E-state index in [1.165, 1.54) is 24.0 Å². The van der Waals surface area contributed by atoms with E-state index in [2.05, 4.69) is 34.9 Å². The Labute approximate surface area is 144 Å². The van der Waals surface area contributed by atoms with Gasteiger partial charge in [0, 0.05) is 24.2 Å². The van der Waals surface area contributed by atoms with Gasteiger partial charge in [0.1, 0.15) is 11.5 Å². The molecule has 4 heteroatoms. The third kappa shape index (κ3) is 3.89. The molecule has 2 aromatic rings. The van der Waals surface area contributed by atoms with Crippen molar-refractivity contribution < 1.29 is 9.47 Å². The molecule has 0 saturated carbocycles. The first-order valence-electron chi connectivity index (χ1n) is 8.54. The van der Waals surface area contributed by atoms with E-state index in [1.54, 1.807) is 14.2 Å². The van der Waals surface area contributed by atoms with Gasteiger partial charge in [-0.3, -0.25) is 0 Å². The number of para-hydroxylation sites is 1. The fraction of sp³-hybridized carbons (Fsp3) is 0.400. The minimum absolute atomic E-state index is 0.319. The number of hydrogen-bond donors (Lipinski definition) is 2. The maximum atomic E-state index is 5.45. The van der Waals surface area contributed by atoms with Crippen LogP contribution in [0.3, 0.4) is 0 Å². The van der Waals surface area contributed by atoms with Crippen LogP contribution in [0.25, 0.3) is 0 Å². The van der Waals surface area contributed by atoms with Gasteiger partial charge in [0.15, 0.2) is 0 Å². The van der Waals surface area contributed by atoms with Crippen LogP contribution in [-0.4, -0.2) is 26.8 Å². The Morgan fingerprint density at radius 2 is 1.83 bits per heavy atom. The quantitative estimate of drug-likeness (QED) is 0.855. The molecule has 2 N–H and O–H groups in total. The first-order valence-corrected chi connectivity index (χ1v) is 8.54. The van der Waals surface area contributed by atoms with Crippen molar-refractivity contribution in [2.45, 2.75) is 31.5 Å². The molecule has 24 heavy (non-hydrogen) atoms. The van der Waals surface area contributed by atoms with Crippen LogP contribution < -0.4 is 20.1 Å². The molecule has 0 aliphatic carbocycles. The normalized spacial score (nSPS) is 20.6. The molecule has 1 heterocycles. The fourth-order valence-corrected chi connectivity index (χ4v) is 3.36. The summed E-state index contributed by atoms with van der Waals surface area (Å²) in [7, 11) is 3.42. The summed E-state index contributed by atoms with van der Waals surface area (Å²) in [4.78, 5) is 0. The first kappa shape index (κ1) is 16.8. The van der Waals surface area contributed by atoms with Crippen LogP contribution in [0, 0.1) is 0 Å². The number of ether oxygens (including phenoxy) is 2. The minimum atomic E-state index is 0.319. The van der Waals surface area contributed by atoms with Crippen molar-refractivity contribution in [3.8, 4) is 11.5 Å². The molecule has 1 fully saturated rings. The van der Waals surface area contributed by atoms with Crippen molar-refractivity contribution in [3.63, 3.8) is 0 Å². The Hall–Kier alpha value is -2.04. The Morgan fingerprint density at radius 1 is 1.04 bits per heavy atom. The smallest absolute Gasteiger partial charge is 0.123 e. The first-order chi connectivity index (χ1) is 11.8. The van der Waals surface area contributed by atoms with Crippen molar-refractivity contribution in [1.29, 1.82) is 0 Å². The van der Waals surface area contributed by atoms with E-state index in [4.69, 9.17) is 9.47 Å². The highest BCUT2D eigenvalue weighted by Gasteiger charge is 2.25. The molecule has 0 aromatic heterocycles. The van der Waals surface area contributed by atoms with Gasteiger partial charge >= 0.3 is 0 Å². The third-order valence-corrected chi connectivity index (χ3v) is 4.68. The maximum Gasteiger partial charge on any atom is 0.123 e. The summed E-state index contributed by atoms with van der Waals surface area (Å²) in [5, 5.41) is 7.37. The van der Waals surface area contributed by atoms with E-state index in [-0.39, 0.29) is 0 Å². The molecule has 2 atom stereocenters. The van der Waals surface area contributed by atoms with Gasteiger partial charge in [-0.15, -0.1) is 0 Å². The molecule has 4 nitrogen and oxygen atoms in total. The van der Waals surface area contributed by atoms with Crippen LogP contribution in [0.4, 0.5) is 0 Å². The highest BCUT2D eigenvalue weighted by molar-refractivity contribution is 5.33. The Morgan fingerprint density at radius 3 is 2.58 bits per heavy atom. The number of hydrogen-bond acceptors (Lipinski definition) is 4. The fourth-order valence-electron chi connectivity index (χ4n) is 3.36. The number of benzene rings is 2. The second-order valence-corrected chi connectivity index (χ2v) is 6.15. The summed E-state index contributed by atoms with van der Waals surface area (Å²) in [6.07, 6.45) is 2.36. The van der Waals surface area contributed by atoms with E-state index >= 15 is 0 Å². The topological polar surface area (TPSA) is 42.5 Å². The number of rotatable bonds is 6. The zero-order chi connectivity index (χ0) is 16.8. The molecular formula is C20H26N2O2. The third-order valence-electron chi connectivity index (χ3n) is 4.68. The van der Waals surface area contributed by atoms with Crippen LogP contribution >= 0.6 is 0 Å². The highest BCUT2D eigenvalue weighted by atomic mass is 16.5. The highest BCUT2D eigenvalue weighted by Crippen LogP contribution is 2.26. The van der Waals surface area contributed by atoms with E-state index < -0.39 is 0 Å². The average molecular weight is 326 g/mol. The summed E-state index contributed by atoms with van der Waals surface area (Å²) in [6.45, 7) is 1.87. The average Bonchev–Trinajstić information content (AvgIpc) is 2.67. The number of piperidine rings is 1. The van der Waals surface area contributed by atoms with Crippen LogP contribution in [-0.2, 0) is 6.54 Å². The summed E-state index contributed by atoms with van der Waals surface area (Å²) < 4.78 is 10.7. The number of nitrogens with one attached hydrogen (secondary N) is 2. The summed E-state index contributed by atoms with van der Waals surface area (Å²) in [5.41, 5.74) is 2.49. The standard InChI is InChI=1S/C20H26N2O2/c1-23-17-11-9-15(10-12-17)20-18(7-5-13-21-20)22-14-16-6-3-4-8-19(16)24-2/h3-4,6,8-12,18,20-22H,5,7,13-14H2,1-2H3/t18-,20-/m1/s1. The molecule has 0 spiro atoms. The molecule has 1 aliphatic rings. The summed E-state index contributed by atoms with van der Waals surface area (Å²) in [6, 6.07) is 17.3. The maximum absolute atomic E-state index is 5.45. The van der Waals surface area contributed by atoms with Crippen molar-refractivity contribution >= 4 is 0 Å². The van der Waals surface area contributed by atoms with Gasteiger partial charge in [-0.25, -0.2) is 0 Å². The molecule has 0 bridgehead atoms. The van der Waals surface area contributed by atoms with Crippen LogP contribution in [0.5, 0.6) is 11.5 Å². The summed E-state index contributed by atoms with van der Waals surface area (Å²) >= 11 is 0. The van der Waals surface area contributed by atoms with E-state index in [0.29, 0.717) is 12.1 Å².